The van der Waals surface area contributed by atoms with Gasteiger partial charge in [0.15, 0.2) is 12.6 Å². The molecule has 2 aliphatic heterocycles. The summed E-state index contributed by atoms with van der Waals surface area (Å²) in [6.07, 6.45) is 30.3. The van der Waals surface area contributed by atoms with Crippen molar-refractivity contribution in [3.63, 3.8) is 0 Å². The molecule has 12 atom stereocenters. The molecule has 2 rings (SSSR count). The van der Waals surface area contributed by atoms with Crippen molar-refractivity contribution in [3.8, 4) is 0 Å². The van der Waals surface area contributed by atoms with E-state index in [-0.39, 0.29) is 18.9 Å². The molecule has 14 heteroatoms. The zero-order valence-electron chi connectivity index (χ0n) is 42.3. The summed E-state index contributed by atoms with van der Waals surface area (Å²) in [6, 6.07) is -0.915. The molecule has 0 bridgehead atoms. The molecule has 2 aliphatic rings. The number of aliphatic hydroxyl groups is 8. The van der Waals surface area contributed by atoms with Crippen molar-refractivity contribution in [1.29, 1.82) is 0 Å². The van der Waals surface area contributed by atoms with Gasteiger partial charge in [-0.3, -0.25) is 4.79 Å². The lowest BCUT2D eigenvalue weighted by atomic mass is 9.97. The molecule has 12 unspecified atom stereocenters. The SMILES string of the molecule is CCCCCCC/C=C\C/C=C\CCCCCCCCCCCC(=O)NC(COC1OC(CO)C(OC2OC(CO)C(O)C(O)C2O)C(O)C1O)C(O)/C=C/CCCCCCCCCCCCC. The summed E-state index contributed by atoms with van der Waals surface area (Å²) >= 11 is 0. The first-order valence-corrected chi connectivity index (χ1v) is 27.2. The maximum atomic E-state index is 13.2. The molecular formula is C54H99NO13. The van der Waals surface area contributed by atoms with Crippen LogP contribution < -0.4 is 5.32 Å². The molecule has 68 heavy (non-hydrogen) atoms. The Morgan fingerprint density at radius 1 is 0.529 bits per heavy atom. The van der Waals surface area contributed by atoms with Crippen LogP contribution in [0.3, 0.4) is 0 Å². The number of amides is 1. The highest BCUT2D eigenvalue weighted by atomic mass is 16.7. The van der Waals surface area contributed by atoms with Crippen LogP contribution in [0.1, 0.15) is 206 Å². The Kier molecular flexibility index (Phi) is 37.4. The Morgan fingerprint density at radius 3 is 1.47 bits per heavy atom. The molecule has 398 valence electrons. The van der Waals surface area contributed by atoms with Gasteiger partial charge < -0.3 is 65.1 Å². The first-order valence-electron chi connectivity index (χ1n) is 27.2. The third-order valence-electron chi connectivity index (χ3n) is 13.3. The number of rotatable bonds is 42. The number of allylic oxidation sites excluding steroid dienone is 5. The quantitative estimate of drug-likeness (QED) is 0.0210. The third kappa shape index (κ3) is 27.1. The summed E-state index contributed by atoms with van der Waals surface area (Å²) in [5, 5.41) is 86.8. The number of nitrogens with one attached hydrogen (secondary N) is 1. The van der Waals surface area contributed by atoms with Crippen molar-refractivity contribution in [3.05, 3.63) is 36.5 Å². The van der Waals surface area contributed by atoms with Gasteiger partial charge in [-0.05, 0) is 51.4 Å². The van der Waals surface area contributed by atoms with Crippen molar-refractivity contribution in [2.45, 2.75) is 280 Å². The van der Waals surface area contributed by atoms with Gasteiger partial charge in [0.1, 0.15) is 48.8 Å². The summed E-state index contributed by atoms with van der Waals surface area (Å²) in [5.74, 6) is -0.245. The number of ether oxygens (including phenoxy) is 4. The van der Waals surface area contributed by atoms with Crippen LogP contribution in [0.15, 0.2) is 36.5 Å². The Balaban J connectivity index is 1.80. The number of carbonyl (C=O) groups excluding carboxylic acids is 1. The lowest BCUT2D eigenvalue weighted by Crippen LogP contribution is -2.65. The van der Waals surface area contributed by atoms with Gasteiger partial charge in [-0.25, -0.2) is 0 Å². The highest BCUT2D eigenvalue weighted by Crippen LogP contribution is 2.30. The van der Waals surface area contributed by atoms with Crippen LogP contribution in [0.4, 0.5) is 0 Å². The van der Waals surface area contributed by atoms with Crippen molar-refractivity contribution >= 4 is 5.91 Å². The van der Waals surface area contributed by atoms with Crippen LogP contribution >= 0.6 is 0 Å². The lowest BCUT2D eigenvalue weighted by molar-refractivity contribution is -0.359. The first kappa shape index (κ1) is 62.3. The second-order valence-electron chi connectivity index (χ2n) is 19.4. The molecule has 0 aromatic heterocycles. The minimum absolute atomic E-state index is 0.245. The fourth-order valence-corrected chi connectivity index (χ4v) is 8.85. The highest BCUT2D eigenvalue weighted by Gasteiger charge is 2.51. The second kappa shape index (κ2) is 40.8. The number of aliphatic hydroxyl groups excluding tert-OH is 8. The predicted octanol–water partition coefficient (Wildman–Crippen LogP) is 7.88. The van der Waals surface area contributed by atoms with Crippen LogP contribution in [0.2, 0.25) is 0 Å². The molecule has 0 aliphatic carbocycles. The Hall–Kier alpha value is -1.79. The summed E-state index contributed by atoms with van der Waals surface area (Å²) in [5.41, 5.74) is 0. The zero-order valence-corrected chi connectivity index (χ0v) is 42.3. The Bertz CT molecular complexity index is 1280. The fourth-order valence-electron chi connectivity index (χ4n) is 8.85. The van der Waals surface area contributed by atoms with Gasteiger partial charge in [0, 0.05) is 6.42 Å². The fraction of sp³-hybridized carbons (Fsp3) is 0.870. The van der Waals surface area contributed by atoms with Crippen molar-refractivity contribution in [2.24, 2.45) is 0 Å². The summed E-state index contributed by atoms with van der Waals surface area (Å²) in [7, 11) is 0. The molecule has 2 saturated heterocycles. The third-order valence-corrected chi connectivity index (χ3v) is 13.3. The van der Waals surface area contributed by atoms with E-state index in [9.17, 15) is 45.6 Å². The summed E-state index contributed by atoms with van der Waals surface area (Å²) in [4.78, 5) is 13.2. The van der Waals surface area contributed by atoms with Crippen LogP contribution in [0.25, 0.3) is 0 Å². The maximum absolute atomic E-state index is 13.2. The molecule has 0 aromatic rings. The van der Waals surface area contributed by atoms with E-state index in [1.54, 1.807) is 6.08 Å². The minimum Gasteiger partial charge on any atom is -0.394 e. The number of hydrogen-bond donors (Lipinski definition) is 9. The number of carbonyl (C=O) groups is 1. The van der Waals surface area contributed by atoms with Gasteiger partial charge >= 0.3 is 0 Å². The molecule has 0 saturated carbocycles. The van der Waals surface area contributed by atoms with E-state index in [4.69, 9.17) is 18.9 Å². The van der Waals surface area contributed by atoms with E-state index < -0.39 is 86.8 Å². The normalized spacial score (nSPS) is 26.6. The van der Waals surface area contributed by atoms with Crippen LogP contribution in [0, 0.1) is 0 Å². The molecule has 14 nitrogen and oxygen atoms in total. The van der Waals surface area contributed by atoms with Crippen LogP contribution in [-0.4, -0.2) is 140 Å². The van der Waals surface area contributed by atoms with Gasteiger partial charge in [-0.2, -0.15) is 0 Å². The minimum atomic E-state index is -1.79. The van der Waals surface area contributed by atoms with Gasteiger partial charge in [-0.15, -0.1) is 0 Å². The van der Waals surface area contributed by atoms with E-state index in [0.29, 0.717) is 6.42 Å². The average molecular weight is 970 g/mol. The average Bonchev–Trinajstić information content (AvgIpc) is 3.34. The molecule has 0 spiro atoms. The van der Waals surface area contributed by atoms with Gasteiger partial charge in [0.2, 0.25) is 5.91 Å². The van der Waals surface area contributed by atoms with E-state index in [1.807, 2.05) is 6.08 Å². The maximum Gasteiger partial charge on any atom is 0.220 e. The first-order chi connectivity index (χ1) is 33.1. The van der Waals surface area contributed by atoms with Crippen molar-refractivity contribution in [1.82, 2.24) is 5.32 Å². The van der Waals surface area contributed by atoms with Crippen LogP contribution in [-0.2, 0) is 23.7 Å². The zero-order chi connectivity index (χ0) is 49.6. The van der Waals surface area contributed by atoms with E-state index in [2.05, 4.69) is 43.5 Å². The smallest absolute Gasteiger partial charge is 0.220 e. The van der Waals surface area contributed by atoms with E-state index in [1.165, 1.54) is 128 Å². The largest absolute Gasteiger partial charge is 0.394 e. The molecule has 2 heterocycles. The molecule has 0 aromatic carbocycles. The summed E-state index contributed by atoms with van der Waals surface area (Å²) < 4.78 is 22.7. The van der Waals surface area contributed by atoms with Crippen molar-refractivity contribution in [2.75, 3.05) is 19.8 Å². The molecule has 9 N–H and O–H groups in total. The van der Waals surface area contributed by atoms with Crippen molar-refractivity contribution < 1.29 is 64.6 Å². The lowest BCUT2D eigenvalue weighted by Gasteiger charge is -2.46. The number of unbranched alkanes of at least 4 members (excludes halogenated alkanes) is 25. The standard InChI is InChI=1S/C54H99NO13/c1-3-5-7-9-11-13-15-17-18-19-20-21-22-23-24-26-28-30-32-34-36-38-46(59)55-42(43(58)37-35-33-31-29-27-25-16-14-12-10-8-6-4-2)41-65-53-51(64)49(62)52(45(40-57)67-53)68-54-50(63)48(61)47(60)44(39-56)66-54/h15,17,19-20,35,37,42-45,47-54,56-58,60-64H,3-14,16,18,21-34,36,38-41H2,1-2H3,(H,55,59)/b17-15-,20-19-,37-35+. The van der Waals surface area contributed by atoms with E-state index >= 15 is 0 Å². The van der Waals surface area contributed by atoms with E-state index in [0.717, 1.165) is 51.4 Å². The van der Waals surface area contributed by atoms with Gasteiger partial charge in [-0.1, -0.05) is 185 Å². The molecular weight excluding hydrogens is 871 g/mol. The molecule has 0 radical (unpaired) electrons. The number of hydrogen-bond acceptors (Lipinski definition) is 13. The monoisotopic (exact) mass is 970 g/mol. The Labute approximate surface area is 411 Å². The topological polar surface area (TPSA) is 228 Å². The molecule has 1 amide bonds. The van der Waals surface area contributed by atoms with Gasteiger partial charge in [0.25, 0.3) is 0 Å². The Morgan fingerprint density at radius 2 is 0.971 bits per heavy atom. The predicted molar refractivity (Wildman–Crippen MR) is 268 cm³/mol. The molecule has 2 fully saturated rings. The van der Waals surface area contributed by atoms with Crippen LogP contribution in [0.5, 0.6) is 0 Å². The highest BCUT2D eigenvalue weighted by molar-refractivity contribution is 5.76. The van der Waals surface area contributed by atoms with Gasteiger partial charge in [0.05, 0.1) is 32.0 Å². The summed E-state index contributed by atoms with van der Waals surface area (Å²) in [6.45, 7) is 2.77. The second-order valence-corrected chi connectivity index (χ2v) is 19.4.